The molecule has 0 saturated heterocycles. The number of aromatic nitrogens is 2. The lowest BCUT2D eigenvalue weighted by Gasteiger charge is -2.19. The van der Waals surface area contributed by atoms with Crippen molar-refractivity contribution in [2.24, 2.45) is 0 Å². The number of nitrogens with zero attached hydrogens (tertiary/aromatic N) is 3. The molecule has 0 saturated carbocycles. The van der Waals surface area contributed by atoms with E-state index in [9.17, 15) is 4.39 Å². The lowest BCUT2D eigenvalue weighted by atomic mass is 10.2. The predicted molar refractivity (Wildman–Crippen MR) is 80.3 cm³/mol. The third-order valence-corrected chi connectivity index (χ3v) is 2.91. The number of nitrogen functional groups attached to an aromatic ring is 1. The van der Waals surface area contributed by atoms with Crippen LogP contribution in [0.2, 0.25) is 0 Å². The number of anilines is 2. The average Bonchev–Trinajstić information content (AvgIpc) is 2.44. The summed E-state index contributed by atoms with van der Waals surface area (Å²) in [6, 6.07) is 8.17. The van der Waals surface area contributed by atoms with Gasteiger partial charge in [0.15, 0.2) is 5.82 Å². The maximum atomic E-state index is 13.2. The van der Waals surface area contributed by atoms with Crippen LogP contribution in [-0.2, 0) is 17.9 Å². The van der Waals surface area contributed by atoms with Gasteiger partial charge in [-0.05, 0) is 24.6 Å². The van der Waals surface area contributed by atoms with Crippen LogP contribution in [-0.4, -0.2) is 23.6 Å². The van der Waals surface area contributed by atoms with E-state index < -0.39 is 0 Å². The molecule has 0 spiro atoms. The van der Waals surface area contributed by atoms with Crippen molar-refractivity contribution in [3.05, 3.63) is 47.5 Å². The third kappa shape index (κ3) is 4.39. The lowest BCUT2D eigenvalue weighted by molar-refractivity contribution is 0.128. The van der Waals surface area contributed by atoms with Gasteiger partial charge in [0.25, 0.3) is 0 Å². The highest BCUT2D eigenvalue weighted by molar-refractivity contribution is 5.46. The Bertz CT molecular complexity index is 606. The Morgan fingerprint density at radius 2 is 2.10 bits per heavy atom. The van der Waals surface area contributed by atoms with Crippen LogP contribution >= 0.6 is 0 Å². The van der Waals surface area contributed by atoms with Gasteiger partial charge in [0.05, 0.1) is 0 Å². The monoisotopic (exact) mass is 290 g/mol. The second-order valence-electron chi connectivity index (χ2n) is 4.69. The molecule has 0 amide bonds. The van der Waals surface area contributed by atoms with Gasteiger partial charge in [0.2, 0.25) is 0 Å². The van der Waals surface area contributed by atoms with Crippen molar-refractivity contribution in [3.8, 4) is 0 Å². The van der Waals surface area contributed by atoms with Crippen LogP contribution in [0, 0.1) is 5.82 Å². The predicted octanol–water partition coefficient (Wildman–Crippen LogP) is 2.37. The van der Waals surface area contributed by atoms with Crippen LogP contribution in [0.1, 0.15) is 18.3 Å². The van der Waals surface area contributed by atoms with Crippen molar-refractivity contribution in [2.45, 2.75) is 20.1 Å². The first kappa shape index (κ1) is 15.2. The van der Waals surface area contributed by atoms with Gasteiger partial charge in [-0.25, -0.2) is 14.4 Å². The first-order valence-corrected chi connectivity index (χ1v) is 6.75. The lowest BCUT2D eigenvalue weighted by Crippen LogP contribution is -2.19. The molecule has 112 valence electrons. The second kappa shape index (κ2) is 6.99. The number of rotatable bonds is 6. The molecular formula is C15H19FN4O. The number of benzene rings is 1. The maximum absolute atomic E-state index is 13.2. The van der Waals surface area contributed by atoms with Gasteiger partial charge >= 0.3 is 0 Å². The van der Waals surface area contributed by atoms with Crippen molar-refractivity contribution in [1.82, 2.24) is 9.97 Å². The molecule has 0 atom stereocenters. The van der Waals surface area contributed by atoms with E-state index in [4.69, 9.17) is 10.5 Å². The second-order valence-corrected chi connectivity index (χ2v) is 4.69. The summed E-state index contributed by atoms with van der Waals surface area (Å²) in [7, 11) is 1.87. The zero-order chi connectivity index (χ0) is 15.2. The number of ether oxygens (including phenoxy) is 1. The van der Waals surface area contributed by atoms with E-state index >= 15 is 0 Å². The van der Waals surface area contributed by atoms with E-state index in [0.717, 1.165) is 5.56 Å². The zero-order valence-electron chi connectivity index (χ0n) is 12.2. The zero-order valence-corrected chi connectivity index (χ0v) is 12.2. The van der Waals surface area contributed by atoms with Gasteiger partial charge in [0, 0.05) is 26.3 Å². The summed E-state index contributed by atoms with van der Waals surface area (Å²) in [6.45, 7) is 3.35. The Hall–Kier alpha value is -2.21. The molecule has 1 aromatic heterocycles. The molecule has 5 nitrogen and oxygen atoms in total. The van der Waals surface area contributed by atoms with E-state index in [1.54, 1.807) is 12.1 Å². The van der Waals surface area contributed by atoms with E-state index in [0.29, 0.717) is 37.2 Å². The van der Waals surface area contributed by atoms with E-state index in [2.05, 4.69) is 9.97 Å². The molecule has 0 unspecified atom stereocenters. The average molecular weight is 290 g/mol. The standard InChI is InChI=1S/C15H19FN4O/c1-3-21-10-14-18-13(17)8-15(19-14)20(2)9-11-5-4-6-12(16)7-11/h4-8H,3,9-10H2,1-2H3,(H2,17,18,19). The minimum atomic E-state index is -0.250. The molecule has 0 radical (unpaired) electrons. The molecule has 21 heavy (non-hydrogen) atoms. The van der Waals surface area contributed by atoms with Crippen LogP contribution in [0.5, 0.6) is 0 Å². The normalized spacial score (nSPS) is 10.6. The van der Waals surface area contributed by atoms with Crippen LogP contribution in [0.4, 0.5) is 16.0 Å². The Morgan fingerprint density at radius 3 is 2.81 bits per heavy atom. The quantitative estimate of drug-likeness (QED) is 0.885. The fourth-order valence-corrected chi connectivity index (χ4v) is 1.95. The highest BCUT2D eigenvalue weighted by Crippen LogP contribution is 2.16. The molecule has 0 bridgehead atoms. The van der Waals surface area contributed by atoms with E-state index in [1.807, 2.05) is 24.9 Å². The first-order chi connectivity index (χ1) is 10.1. The fraction of sp³-hybridized carbons (Fsp3) is 0.333. The highest BCUT2D eigenvalue weighted by atomic mass is 19.1. The van der Waals surface area contributed by atoms with E-state index in [1.165, 1.54) is 12.1 Å². The molecule has 0 aliphatic rings. The molecular weight excluding hydrogens is 271 g/mol. The minimum Gasteiger partial charge on any atom is -0.384 e. The molecule has 1 heterocycles. The summed E-state index contributed by atoms with van der Waals surface area (Å²) in [6.07, 6.45) is 0. The van der Waals surface area contributed by atoms with Crippen LogP contribution in [0.25, 0.3) is 0 Å². The fourth-order valence-electron chi connectivity index (χ4n) is 1.95. The molecule has 0 fully saturated rings. The van der Waals surface area contributed by atoms with Gasteiger partial charge in [-0.15, -0.1) is 0 Å². The summed E-state index contributed by atoms with van der Waals surface area (Å²) >= 11 is 0. The molecule has 2 aromatic rings. The summed E-state index contributed by atoms with van der Waals surface area (Å²) in [4.78, 5) is 10.4. The molecule has 2 rings (SSSR count). The maximum Gasteiger partial charge on any atom is 0.158 e. The number of hydrogen-bond acceptors (Lipinski definition) is 5. The Morgan fingerprint density at radius 1 is 1.29 bits per heavy atom. The Labute approximate surface area is 123 Å². The molecule has 1 aromatic carbocycles. The summed E-state index contributed by atoms with van der Waals surface area (Å²) in [5.74, 6) is 1.36. The number of halogens is 1. The van der Waals surface area contributed by atoms with Gasteiger partial charge in [-0.3, -0.25) is 0 Å². The molecule has 2 N–H and O–H groups in total. The van der Waals surface area contributed by atoms with Crippen molar-refractivity contribution < 1.29 is 9.13 Å². The van der Waals surface area contributed by atoms with Gasteiger partial charge in [-0.1, -0.05) is 12.1 Å². The Balaban J connectivity index is 2.14. The van der Waals surface area contributed by atoms with Crippen molar-refractivity contribution in [2.75, 3.05) is 24.3 Å². The van der Waals surface area contributed by atoms with Gasteiger partial charge in [0.1, 0.15) is 24.1 Å². The van der Waals surface area contributed by atoms with Gasteiger partial charge < -0.3 is 15.4 Å². The van der Waals surface area contributed by atoms with Crippen LogP contribution in [0.3, 0.4) is 0 Å². The smallest absolute Gasteiger partial charge is 0.158 e. The third-order valence-electron chi connectivity index (χ3n) is 2.91. The van der Waals surface area contributed by atoms with Crippen molar-refractivity contribution >= 4 is 11.6 Å². The molecule has 0 aliphatic carbocycles. The van der Waals surface area contributed by atoms with Crippen LogP contribution in [0.15, 0.2) is 30.3 Å². The minimum absolute atomic E-state index is 0.250. The summed E-state index contributed by atoms with van der Waals surface area (Å²) in [5.41, 5.74) is 6.66. The van der Waals surface area contributed by atoms with Gasteiger partial charge in [-0.2, -0.15) is 0 Å². The summed E-state index contributed by atoms with van der Waals surface area (Å²) < 4.78 is 18.5. The molecule has 0 aliphatic heterocycles. The largest absolute Gasteiger partial charge is 0.384 e. The molecule has 6 heteroatoms. The first-order valence-electron chi connectivity index (χ1n) is 6.75. The van der Waals surface area contributed by atoms with Crippen LogP contribution < -0.4 is 10.6 Å². The van der Waals surface area contributed by atoms with E-state index in [-0.39, 0.29) is 5.82 Å². The number of nitrogens with two attached hydrogens (primary N) is 1. The topological polar surface area (TPSA) is 64.3 Å². The summed E-state index contributed by atoms with van der Waals surface area (Å²) in [5, 5.41) is 0. The number of hydrogen-bond donors (Lipinski definition) is 1. The highest BCUT2D eigenvalue weighted by Gasteiger charge is 2.08. The Kier molecular flexibility index (Phi) is 5.05. The SMILES string of the molecule is CCOCc1nc(N)cc(N(C)Cc2cccc(F)c2)n1. The van der Waals surface area contributed by atoms with Crippen molar-refractivity contribution in [3.63, 3.8) is 0 Å². The van der Waals surface area contributed by atoms with Crippen molar-refractivity contribution in [1.29, 1.82) is 0 Å².